The third kappa shape index (κ3) is 8.72. The molecule has 1 aliphatic rings. The Bertz CT molecular complexity index is 719. The van der Waals surface area contributed by atoms with Crippen LogP contribution in [-0.4, -0.2) is 81.4 Å². The van der Waals surface area contributed by atoms with Crippen LogP contribution >= 0.6 is 24.0 Å². The van der Waals surface area contributed by atoms with Gasteiger partial charge in [0.1, 0.15) is 11.4 Å². The van der Waals surface area contributed by atoms with Crippen molar-refractivity contribution in [3.63, 3.8) is 0 Å². The van der Waals surface area contributed by atoms with Crippen molar-refractivity contribution < 1.29 is 14.3 Å². The van der Waals surface area contributed by atoms with Crippen molar-refractivity contribution in [3.05, 3.63) is 29.8 Å². The van der Waals surface area contributed by atoms with Gasteiger partial charge in [-0.3, -0.25) is 4.99 Å². The van der Waals surface area contributed by atoms with Gasteiger partial charge in [-0.2, -0.15) is 0 Å². The highest BCUT2D eigenvalue weighted by Gasteiger charge is 2.28. The molecule has 0 saturated carbocycles. The van der Waals surface area contributed by atoms with Crippen LogP contribution in [-0.2, 0) is 4.74 Å². The zero-order valence-electron chi connectivity index (χ0n) is 19.8. The Morgan fingerprint density at radius 1 is 1.29 bits per heavy atom. The minimum Gasteiger partial charge on any atom is -0.497 e. The van der Waals surface area contributed by atoms with Gasteiger partial charge in [0.25, 0.3) is 0 Å². The van der Waals surface area contributed by atoms with Crippen LogP contribution in [0.5, 0.6) is 5.75 Å². The average molecular weight is 547 g/mol. The maximum Gasteiger partial charge on any atom is 0.407 e. The predicted octanol–water partition coefficient (Wildman–Crippen LogP) is 3.09. The quantitative estimate of drug-likeness (QED) is 0.324. The van der Waals surface area contributed by atoms with E-state index in [9.17, 15) is 4.79 Å². The van der Waals surface area contributed by atoms with Gasteiger partial charge in [-0.05, 0) is 59.0 Å². The van der Waals surface area contributed by atoms with Gasteiger partial charge in [0, 0.05) is 26.7 Å². The number of guanidine groups is 1. The van der Waals surface area contributed by atoms with Gasteiger partial charge in [-0.15, -0.1) is 24.0 Å². The van der Waals surface area contributed by atoms with Crippen LogP contribution in [0.4, 0.5) is 4.79 Å². The summed E-state index contributed by atoms with van der Waals surface area (Å²) >= 11 is 0. The zero-order chi connectivity index (χ0) is 22.3. The molecule has 1 aromatic rings. The summed E-state index contributed by atoms with van der Waals surface area (Å²) in [5.74, 6) is 1.68. The second-order valence-electron chi connectivity index (χ2n) is 8.76. The summed E-state index contributed by atoms with van der Waals surface area (Å²) in [6.07, 6.45) is 0.486. The molecule has 8 nitrogen and oxygen atoms in total. The fourth-order valence-corrected chi connectivity index (χ4v) is 3.49. The van der Waals surface area contributed by atoms with Crippen molar-refractivity contribution in [2.45, 2.75) is 44.9 Å². The van der Waals surface area contributed by atoms with Gasteiger partial charge in [-0.25, -0.2) is 4.79 Å². The molecule has 9 heteroatoms. The molecular formula is C22H38IN5O3. The Labute approximate surface area is 203 Å². The van der Waals surface area contributed by atoms with Crippen molar-refractivity contribution in [3.8, 4) is 5.75 Å². The highest BCUT2D eigenvalue weighted by atomic mass is 127. The highest BCUT2D eigenvalue weighted by Crippen LogP contribution is 2.21. The second-order valence-corrected chi connectivity index (χ2v) is 8.76. The summed E-state index contributed by atoms with van der Waals surface area (Å²) in [5.41, 5.74) is 0.706. The van der Waals surface area contributed by atoms with E-state index in [2.05, 4.69) is 51.7 Å². The highest BCUT2D eigenvalue weighted by molar-refractivity contribution is 14.0. The lowest BCUT2D eigenvalue weighted by Crippen LogP contribution is -2.45. The largest absolute Gasteiger partial charge is 0.497 e. The first-order chi connectivity index (χ1) is 14.1. The minimum atomic E-state index is -0.497. The van der Waals surface area contributed by atoms with Gasteiger partial charge in [0.05, 0.1) is 19.2 Å². The monoisotopic (exact) mass is 547 g/mol. The zero-order valence-corrected chi connectivity index (χ0v) is 22.1. The molecule has 1 fully saturated rings. The van der Waals surface area contributed by atoms with Crippen LogP contribution in [0.3, 0.4) is 0 Å². The summed E-state index contributed by atoms with van der Waals surface area (Å²) in [6.45, 7) is 7.84. The molecule has 2 unspecified atom stereocenters. The SMILES string of the molecule is CN=C(NCC(c1ccc(OC)cc1)N(C)C)N1CCC(NC(=O)OC(C)(C)C)C1.I. The molecule has 0 spiro atoms. The Balaban J connectivity index is 0.00000480. The van der Waals surface area contributed by atoms with Crippen molar-refractivity contribution in [1.82, 2.24) is 20.4 Å². The molecule has 2 rings (SSSR count). The maximum atomic E-state index is 12.0. The molecule has 0 aromatic heterocycles. The van der Waals surface area contributed by atoms with Gasteiger partial charge in [0.2, 0.25) is 0 Å². The summed E-state index contributed by atoms with van der Waals surface area (Å²) in [5, 5.41) is 6.45. The van der Waals surface area contributed by atoms with E-state index in [4.69, 9.17) is 9.47 Å². The number of carbonyl (C=O) groups is 1. The van der Waals surface area contributed by atoms with E-state index in [1.54, 1.807) is 14.2 Å². The third-order valence-corrected chi connectivity index (χ3v) is 5.00. The number of likely N-dealkylation sites (tertiary alicyclic amines) is 1. The number of alkyl carbamates (subject to hydrolysis) is 1. The number of amides is 1. The molecule has 1 aromatic carbocycles. The average Bonchev–Trinajstić information content (AvgIpc) is 3.11. The maximum absolute atomic E-state index is 12.0. The number of halogens is 1. The number of ether oxygens (including phenoxy) is 2. The molecule has 2 N–H and O–H groups in total. The Morgan fingerprint density at radius 3 is 2.45 bits per heavy atom. The molecule has 0 bridgehead atoms. The van der Waals surface area contributed by atoms with E-state index >= 15 is 0 Å². The number of carbonyl (C=O) groups excluding carboxylic acids is 1. The molecule has 1 amide bonds. The fourth-order valence-electron chi connectivity index (χ4n) is 3.49. The Kier molecular flexibility index (Phi) is 10.9. The van der Waals surface area contributed by atoms with Gasteiger partial charge >= 0.3 is 6.09 Å². The number of nitrogens with one attached hydrogen (secondary N) is 2. The Morgan fingerprint density at radius 2 is 1.94 bits per heavy atom. The number of aliphatic imine (C=N–C) groups is 1. The van der Waals surface area contributed by atoms with E-state index in [1.165, 1.54) is 5.56 Å². The normalized spacial score (nSPS) is 17.7. The molecule has 0 radical (unpaired) electrons. The number of benzene rings is 1. The van der Waals surface area contributed by atoms with Gasteiger partial charge < -0.3 is 29.9 Å². The lowest BCUT2D eigenvalue weighted by molar-refractivity contribution is 0.0507. The number of methoxy groups -OCH3 is 1. The summed E-state index contributed by atoms with van der Waals surface area (Å²) in [6, 6.07) is 8.37. The van der Waals surface area contributed by atoms with E-state index in [1.807, 2.05) is 32.9 Å². The van der Waals surface area contributed by atoms with Crippen LogP contribution in [0.1, 0.15) is 38.8 Å². The molecule has 2 atom stereocenters. The predicted molar refractivity (Wildman–Crippen MR) is 136 cm³/mol. The third-order valence-electron chi connectivity index (χ3n) is 5.00. The van der Waals surface area contributed by atoms with Crippen molar-refractivity contribution >= 4 is 36.0 Å². The fraction of sp³-hybridized carbons (Fsp3) is 0.636. The minimum absolute atomic E-state index is 0. The lowest BCUT2D eigenvalue weighted by Gasteiger charge is -2.28. The summed E-state index contributed by atoms with van der Waals surface area (Å²) < 4.78 is 10.6. The van der Waals surface area contributed by atoms with Crippen LogP contribution in [0, 0.1) is 0 Å². The first-order valence-corrected chi connectivity index (χ1v) is 10.4. The summed E-state index contributed by atoms with van der Waals surface area (Å²) in [7, 11) is 7.59. The van der Waals surface area contributed by atoms with E-state index in [0.717, 1.165) is 24.7 Å². The molecular weight excluding hydrogens is 509 g/mol. The topological polar surface area (TPSA) is 78.4 Å². The van der Waals surface area contributed by atoms with Crippen LogP contribution < -0.4 is 15.4 Å². The van der Waals surface area contributed by atoms with Crippen LogP contribution in [0.2, 0.25) is 0 Å². The van der Waals surface area contributed by atoms with E-state index < -0.39 is 5.60 Å². The Hall–Kier alpha value is -1.75. The van der Waals surface area contributed by atoms with E-state index in [-0.39, 0.29) is 42.2 Å². The molecule has 176 valence electrons. The number of likely N-dealkylation sites (N-methyl/N-ethyl adjacent to an activating group) is 1. The van der Waals surface area contributed by atoms with Crippen molar-refractivity contribution in [2.24, 2.45) is 4.99 Å². The lowest BCUT2D eigenvalue weighted by atomic mass is 10.1. The van der Waals surface area contributed by atoms with Crippen LogP contribution in [0.15, 0.2) is 29.3 Å². The summed E-state index contributed by atoms with van der Waals surface area (Å²) in [4.78, 5) is 20.8. The van der Waals surface area contributed by atoms with Crippen LogP contribution in [0.25, 0.3) is 0 Å². The van der Waals surface area contributed by atoms with Gasteiger partial charge in [0.15, 0.2) is 5.96 Å². The molecule has 1 saturated heterocycles. The van der Waals surface area contributed by atoms with E-state index in [0.29, 0.717) is 13.1 Å². The molecule has 31 heavy (non-hydrogen) atoms. The smallest absolute Gasteiger partial charge is 0.407 e. The van der Waals surface area contributed by atoms with Gasteiger partial charge in [-0.1, -0.05) is 12.1 Å². The number of rotatable bonds is 6. The number of hydrogen-bond donors (Lipinski definition) is 2. The number of nitrogens with zero attached hydrogens (tertiary/aromatic N) is 3. The molecule has 1 heterocycles. The van der Waals surface area contributed by atoms with Crippen molar-refractivity contribution in [1.29, 1.82) is 0 Å². The first kappa shape index (κ1) is 27.3. The number of hydrogen-bond acceptors (Lipinski definition) is 5. The van der Waals surface area contributed by atoms with Crippen molar-refractivity contribution in [2.75, 3.05) is 47.9 Å². The molecule has 0 aliphatic carbocycles. The standard InChI is InChI=1S/C22H37N5O3.HI/c1-22(2,3)30-21(28)25-17-12-13-27(15-17)20(23-4)24-14-19(26(5)6)16-8-10-18(29-7)11-9-16;/h8-11,17,19H,12-15H2,1-7H3,(H,23,24)(H,25,28);1H. The molecule has 1 aliphatic heterocycles. The second kappa shape index (κ2) is 12.3. The first-order valence-electron chi connectivity index (χ1n) is 10.4.